The van der Waals surface area contributed by atoms with E-state index in [9.17, 15) is 0 Å². The Morgan fingerprint density at radius 3 is 1.32 bits per heavy atom. The Kier molecular flexibility index (Phi) is 9.84. The molecule has 69 heavy (non-hydrogen) atoms. The molecule has 0 unspecified atom stereocenters. The van der Waals surface area contributed by atoms with Gasteiger partial charge in [-0.15, -0.1) is 0 Å². The van der Waals surface area contributed by atoms with Crippen LogP contribution >= 0.6 is 0 Å². The fourth-order valence-corrected chi connectivity index (χ4v) is 10.2. The summed E-state index contributed by atoms with van der Waals surface area (Å²) >= 11 is 0. The summed E-state index contributed by atoms with van der Waals surface area (Å²) in [5.41, 5.74) is 20.2. The van der Waals surface area contributed by atoms with Crippen molar-refractivity contribution in [3.05, 3.63) is 267 Å². The molecule has 11 aromatic carbocycles. The van der Waals surface area contributed by atoms with Gasteiger partial charge in [-0.2, -0.15) is 0 Å². The van der Waals surface area contributed by atoms with Crippen LogP contribution in [0.2, 0.25) is 0 Å². The van der Waals surface area contributed by atoms with Crippen molar-refractivity contribution in [2.45, 2.75) is 0 Å². The number of rotatable bonds is 9. The highest BCUT2D eigenvalue weighted by Crippen LogP contribution is 2.40. The summed E-state index contributed by atoms with van der Waals surface area (Å²) in [5.74, 6) is 0. The minimum absolute atomic E-state index is 0.901. The van der Waals surface area contributed by atoms with E-state index in [1.165, 1.54) is 38.5 Å². The first-order valence-electron chi connectivity index (χ1n) is 23.6. The van der Waals surface area contributed by atoms with Gasteiger partial charge in [0.1, 0.15) is 11.2 Å². The van der Waals surface area contributed by atoms with Gasteiger partial charge in [-0.1, -0.05) is 182 Å². The Balaban J connectivity index is 0.855. The molecule has 3 nitrogen and oxygen atoms in total. The minimum Gasteiger partial charge on any atom is -0.456 e. The van der Waals surface area contributed by atoms with Gasteiger partial charge in [-0.3, -0.25) is 0 Å². The van der Waals surface area contributed by atoms with Gasteiger partial charge in [0.2, 0.25) is 0 Å². The molecule has 0 saturated heterocycles. The van der Waals surface area contributed by atoms with Crippen molar-refractivity contribution in [3.8, 4) is 61.3 Å². The molecule has 0 N–H and O–H groups in total. The summed E-state index contributed by atoms with van der Waals surface area (Å²) < 4.78 is 8.64. The van der Waals surface area contributed by atoms with E-state index in [1.807, 2.05) is 12.1 Å². The van der Waals surface area contributed by atoms with Gasteiger partial charge in [0.15, 0.2) is 0 Å². The van der Waals surface area contributed by atoms with Crippen LogP contribution in [-0.2, 0) is 0 Å². The van der Waals surface area contributed by atoms with Crippen LogP contribution in [0.5, 0.6) is 0 Å². The summed E-state index contributed by atoms with van der Waals surface area (Å²) in [6, 6.07) is 96.1. The molecule has 0 spiro atoms. The minimum atomic E-state index is 0.901. The van der Waals surface area contributed by atoms with Gasteiger partial charge >= 0.3 is 0 Å². The van der Waals surface area contributed by atoms with Crippen LogP contribution in [0.3, 0.4) is 0 Å². The topological polar surface area (TPSA) is 21.3 Å². The number of nitrogens with zero attached hydrogens (tertiary/aromatic N) is 2. The third-order valence-electron chi connectivity index (χ3n) is 13.6. The lowest BCUT2D eigenvalue weighted by Crippen LogP contribution is -2.10. The standard InChI is InChI=1S/C66H44N2O/c1-2-13-45(14-3-1)46-27-29-47(30-28-46)52-17-11-19-57(42-52)67(55-36-31-48(32-37-55)50-15-10-16-51(41-50)54-35-40-62-61-23-6-9-26-65(61)69-66(62)44-54)56-38-33-49(34-39-56)53-18-12-20-58(43-53)68-63-24-7-4-21-59(63)60-22-5-8-25-64(60)68/h1-44H. The van der Waals surface area contributed by atoms with E-state index >= 15 is 0 Å². The summed E-state index contributed by atoms with van der Waals surface area (Å²) in [6.07, 6.45) is 0. The van der Waals surface area contributed by atoms with Crippen LogP contribution in [0.25, 0.3) is 105 Å². The molecule has 0 atom stereocenters. The molecule has 0 aliphatic carbocycles. The zero-order valence-electron chi connectivity index (χ0n) is 37.7. The van der Waals surface area contributed by atoms with Crippen LogP contribution in [-0.4, -0.2) is 4.57 Å². The van der Waals surface area contributed by atoms with Crippen LogP contribution < -0.4 is 4.90 Å². The predicted octanol–water partition coefficient (Wildman–Crippen LogP) is 18.5. The van der Waals surface area contributed by atoms with Gasteiger partial charge in [-0.05, 0) is 141 Å². The van der Waals surface area contributed by atoms with E-state index in [1.54, 1.807) is 0 Å². The van der Waals surface area contributed by atoms with Crippen molar-refractivity contribution >= 4 is 60.8 Å². The molecule has 2 aromatic heterocycles. The van der Waals surface area contributed by atoms with E-state index in [0.29, 0.717) is 0 Å². The lowest BCUT2D eigenvalue weighted by Gasteiger charge is -2.26. The van der Waals surface area contributed by atoms with Crippen molar-refractivity contribution in [1.29, 1.82) is 0 Å². The molecule has 2 heterocycles. The van der Waals surface area contributed by atoms with Crippen molar-refractivity contribution in [3.63, 3.8) is 0 Å². The third kappa shape index (κ3) is 7.34. The molecule has 13 aromatic rings. The average Bonchev–Trinajstić information content (AvgIpc) is 3.97. The van der Waals surface area contributed by atoms with Crippen molar-refractivity contribution < 1.29 is 4.42 Å². The molecule has 13 rings (SSSR count). The fourth-order valence-electron chi connectivity index (χ4n) is 10.2. The van der Waals surface area contributed by atoms with Crippen LogP contribution in [0.15, 0.2) is 271 Å². The predicted molar refractivity (Wildman–Crippen MR) is 290 cm³/mol. The quantitative estimate of drug-likeness (QED) is 0.144. The first-order valence-corrected chi connectivity index (χ1v) is 23.6. The van der Waals surface area contributed by atoms with Crippen LogP contribution in [0.4, 0.5) is 17.1 Å². The maximum Gasteiger partial charge on any atom is 0.136 e. The lowest BCUT2D eigenvalue weighted by molar-refractivity contribution is 0.669. The van der Waals surface area contributed by atoms with E-state index in [4.69, 9.17) is 4.42 Å². The number of hydrogen-bond acceptors (Lipinski definition) is 2. The second kappa shape index (κ2) is 16.9. The zero-order chi connectivity index (χ0) is 45.7. The van der Waals surface area contributed by atoms with Crippen molar-refractivity contribution in [1.82, 2.24) is 4.57 Å². The van der Waals surface area contributed by atoms with Crippen molar-refractivity contribution in [2.75, 3.05) is 4.90 Å². The number of hydrogen-bond donors (Lipinski definition) is 0. The summed E-state index contributed by atoms with van der Waals surface area (Å²) in [5, 5.41) is 4.80. The molecule has 0 fully saturated rings. The smallest absolute Gasteiger partial charge is 0.136 e. The number of fused-ring (bicyclic) bond motifs is 6. The molecule has 0 aliphatic heterocycles. The number of furan rings is 1. The SMILES string of the molecule is c1ccc(-c2ccc(-c3cccc(N(c4ccc(-c5cccc(-c6ccc7c(c6)oc6ccccc67)c5)cc4)c4ccc(-c5cccc(-n6c7ccccc7c7ccccc76)c5)cc4)c3)cc2)cc1. The zero-order valence-corrected chi connectivity index (χ0v) is 37.7. The third-order valence-corrected chi connectivity index (χ3v) is 13.6. The maximum atomic E-state index is 6.26. The highest BCUT2D eigenvalue weighted by molar-refractivity contribution is 6.09. The number of para-hydroxylation sites is 3. The maximum absolute atomic E-state index is 6.26. The van der Waals surface area contributed by atoms with Gasteiger partial charge < -0.3 is 13.9 Å². The van der Waals surface area contributed by atoms with Gasteiger partial charge in [0, 0.05) is 44.3 Å². The van der Waals surface area contributed by atoms with E-state index in [-0.39, 0.29) is 0 Å². The molecular weight excluding hydrogens is 837 g/mol. The second-order valence-electron chi connectivity index (χ2n) is 17.7. The monoisotopic (exact) mass is 880 g/mol. The van der Waals surface area contributed by atoms with E-state index in [0.717, 1.165) is 83.6 Å². The molecule has 324 valence electrons. The van der Waals surface area contributed by atoms with Gasteiger partial charge in [0.25, 0.3) is 0 Å². The van der Waals surface area contributed by atoms with Gasteiger partial charge in [0.05, 0.1) is 11.0 Å². The van der Waals surface area contributed by atoms with Gasteiger partial charge in [-0.25, -0.2) is 0 Å². The fraction of sp³-hybridized carbons (Fsp3) is 0. The van der Waals surface area contributed by atoms with Crippen molar-refractivity contribution in [2.24, 2.45) is 0 Å². The number of anilines is 3. The van der Waals surface area contributed by atoms with Crippen LogP contribution in [0, 0.1) is 0 Å². The Labute approximate surface area is 401 Å². The molecule has 0 radical (unpaired) electrons. The molecule has 3 heteroatoms. The first kappa shape index (κ1) is 40.1. The highest BCUT2D eigenvalue weighted by Gasteiger charge is 2.17. The Morgan fingerprint density at radius 1 is 0.246 bits per heavy atom. The number of benzene rings is 11. The summed E-state index contributed by atoms with van der Waals surface area (Å²) in [6.45, 7) is 0. The largest absolute Gasteiger partial charge is 0.456 e. The average molecular weight is 881 g/mol. The van der Waals surface area contributed by atoms with E-state index in [2.05, 4.69) is 264 Å². The molecule has 0 saturated carbocycles. The summed E-state index contributed by atoms with van der Waals surface area (Å²) in [4.78, 5) is 2.36. The molecule has 0 aliphatic rings. The molecular formula is C66H44N2O. The molecule has 0 bridgehead atoms. The normalized spacial score (nSPS) is 11.5. The Bertz CT molecular complexity index is 3940. The van der Waals surface area contributed by atoms with Crippen LogP contribution in [0.1, 0.15) is 0 Å². The lowest BCUT2D eigenvalue weighted by atomic mass is 9.98. The number of aromatic nitrogens is 1. The highest BCUT2D eigenvalue weighted by atomic mass is 16.3. The van der Waals surface area contributed by atoms with E-state index < -0.39 is 0 Å². The Hall–Kier alpha value is -9.18. The first-order chi connectivity index (χ1) is 34.2. The summed E-state index contributed by atoms with van der Waals surface area (Å²) in [7, 11) is 0. The molecule has 0 amide bonds. The second-order valence-corrected chi connectivity index (χ2v) is 17.7. The Morgan fingerprint density at radius 2 is 0.667 bits per heavy atom.